The van der Waals surface area contributed by atoms with Crippen molar-refractivity contribution in [3.8, 4) is 5.75 Å². The smallest absolute Gasteiger partial charge is 0.310 e. The Kier molecular flexibility index (Phi) is 5.05. The van der Waals surface area contributed by atoms with E-state index in [-0.39, 0.29) is 24.7 Å². The number of carbonyl (C=O) groups excluding carboxylic acids is 2. The highest BCUT2D eigenvalue weighted by Gasteiger charge is 2.35. The molecule has 0 spiro atoms. The molecule has 0 bridgehead atoms. The largest absolute Gasteiger partial charge is 0.508 e. The number of fused-ring (bicyclic) bond motifs is 2. The molecule has 1 aliphatic carbocycles. The number of amides is 1. The molecule has 144 valence electrons. The van der Waals surface area contributed by atoms with Gasteiger partial charge in [-0.1, -0.05) is 12.8 Å². The number of piperidine rings is 1. The van der Waals surface area contributed by atoms with Crippen molar-refractivity contribution in [2.45, 2.75) is 51.0 Å². The molecule has 1 aliphatic heterocycles. The first-order valence-corrected chi connectivity index (χ1v) is 9.76. The van der Waals surface area contributed by atoms with Crippen LogP contribution in [0.4, 0.5) is 0 Å². The molecule has 1 N–H and O–H groups in total. The number of benzene rings is 1. The summed E-state index contributed by atoms with van der Waals surface area (Å²) in [6.45, 7) is 0.575. The van der Waals surface area contributed by atoms with Gasteiger partial charge in [0, 0.05) is 29.6 Å². The van der Waals surface area contributed by atoms with E-state index in [0.717, 1.165) is 24.8 Å². The minimum absolute atomic E-state index is 0.0388. The average Bonchev–Trinajstić information content (AvgIpc) is 3.07. The number of furan rings is 1. The number of rotatable bonds is 4. The van der Waals surface area contributed by atoms with E-state index < -0.39 is 5.97 Å². The van der Waals surface area contributed by atoms with Gasteiger partial charge in [-0.3, -0.25) is 9.59 Å². The zero-order valence-corrected chi connectivity index (χ0v) is 15.4. The highest BCUT2D eigenvalue weighted by molar-refractivity contribution is 5.87. The number of nitrogens with zero attached hydrogens (tertiary/aromatic N) is 1. The van der Waals surface area contributed by atoms with Gasteiger partial charge in [0.2, 0.25) is 0 Å². The zero-order valence-electron chi connectivity index (χ0n) is 15.4. The van der Waals surface area contributed by atoms with Gasteiger partial charge in [0.25, 0.3) is 5.91 Å². The summed E-state index contributed by atoms with van der Waals surface area (Å²) in [6, 6.07) is 5.08. The standard InChI is InChI=1S/C21H25NO5/c23-16-7-8-17-15(12-26-19(17)11-16)10-21(25)27-13-20(24)22-9-3-5-14-4-1-2-6-18(14)22/h7-8,11-12,14,18,23H,1-6,9-10,13H2/t14-,18-/m0/s1. The van der Waals surface area contributed by atoms with Gasteiger partial charge in [0.1, 0.15) is 11.3 Å². The van der Waals surface area contributed by atoms with Crippen LogP contribution in [0.15, 0.2) is 28.9 Å². The van der Waals surface area contributed by atoms with E-state index in [4.69, 9.17) is 9.15 Å². The third-order valence-electron chi connectivity index (χ3n) is 5.89. The Morgan fingerprint density at radius 3 is 2.89 bits per heavy atom. The minimum atomic E-state index is -0.448. The van der Waals surface area contributed by atoms with Crippen LogP contribution >= 0.6 is 0 Å². The molecule has 6 heteroatoms. The normalized spacial score (nSPS) is 22.4. The molecule has 1 amide bonds. The molecule has 1 saturated heterocycles. The SMILES string of the molecule is O=C(Cc1coc2cc(O)ccc12)OCC(=O)N1CCC[C@@H]2CCCC[C@@H]21. The number of ether oxygens (including phenoxy) is 1. The number of aromatic hydroxyl groups is 1. The van der Waals surface area contributed by atoms with E-state index in [9.17, 15) is 14.7 Å². The van der Waals surface area contributed by atoms with Crippen LogP contribution in [0.5, 0.6) is 5.75 Å². The predicted molar refractivity (Wildman–Crippen MR) is 99.2 cm³/mol. The molecular weight excluding hydrogens is 346 g/mol. The van der Waals surface area contributed by atoms with Crippen LogP contribution in [0.3, 0.4) is 0 Å². The lowest BCUT2D eigenvalue weighted by Gasteiger charge is -2.44. The van der Waals surface area contributed by atoms with Crippen molar-refractivity contribution < 1.29 is 23.8 Å². The molecular formula is C21H25NO5. The second-order valence-corrected chi connectivity index (χ2v) is 7.62. The number of esters is 1. The Hall–Kier alpha value is -2.50. The molecule has 6 nitrogen and oxygen atoms in total. The molecule has 2 heterocycles. The Bertz CT molecular complexity index is 840. The van der Waals surface area contributed by atoms with Crippen LogP contribution in [-0.4, -0.2) is 41.1 Å². The van der Waals surface area contributed by atoms with Crippen LogP contribution in [0.2, 0.25) is 0 Å². The van der Waals surface area contributed by atoms with E-state index in [0.29, 0.717) is 23.1 Å². The first-order valence-electron chi connectivity index (χ1n) is 9.76. The summed E-state index contributed by atoms with van der Waals surface area (Å²) < 4.78 is 10.6. The zero-order chi connectivity index (χ0) is 18.8. The lowest BCUT2D eigenvalue weighted by Crippen LogP contribution is -2.50. The van der Waals surface area contributed by atoms with Crippen LogP contribution < -0.4 is 0 Å². The lowest BCUT2D eigenvalue weighted by molar-refractivity contribution is -0.154. The van der Waals surface area contributed by atoms with Gasteiger partial charge in [0.05, 0.1) is 12.7 Å². The number of phenolic OH excluding ortho intramolecular Hbond substituents is 1. The molecule has 1 saturated carbocycles. The summed E-state index contributed by atoms with van der Waals surface area (Å²) in [5.74, 6) is 0.193. The van der Waals surface area contributed by atoms with E-state index in [2.05, 4.69) is 0 Å². The molecule has 4 rings (SSSR count). The van der Waals surface area contributed by atoms with E-state index in [1.807, 2.05) is 4.90 Å². The van der Waals surface area contributed by atoms with Gasteiger partial charge in [0.15, 0.2) is 6.61 Å². The molecule has 27 heavy (non-hydrogen) atoms. The Morgan fingerprint density at radius 2 is 2.00 bits per heavy atom. The molecule has 0 unspecified atom stereocenters. The second kappa shape index (κ2) is 7.62. The summed E-state index contributed by atoms with van der Waals surface area (Å²) in [6.07, 6.45) is 8.48. The Morgan fingerprint density at radius 1 is 1.19 bits per heavy atom. The predicted octanol–water partition coefficient (Wildman–Crippen LogP) is 3.41. The molecule has 1 aromatic carbocycles. The number of carbonyl (C=O) groups is 2. The fraction of sp³-hybridized carbons (Fsp3) is 0.524. The van der Waals surface area contributed by atoms with Crippen molar-refractivity contribution in [3.63, 3.8) is 0 Å². The second-order valence-electron chi connectivity index (χ2n) is 7.62. The fourth-order valence-corrected chi connectivity index (χ4v) is 4.57. The first-order chi connectivity index (χ1) is 13.1. The highest BCUT2D eigenvalue weighted by Crippen LogP contribution is 2.35. The van der Waals surface area contributed by atoms with E-state index >= 15 is 0 Å². The van der Waals surface area contributed by atoms with Gasteiger partial charge in [-0.25, -0.2) is 0 Å². The third-order valence-corrected chi connectivity index (χ3v) is 5.89. The topological polar surface area (TPSA) is 80.0 Å². The van der Waals surface area contributed by atoms with Gasteiger partial charge in [-0.2, -0.15) is 0 Å². The van der Waals surface area contributed by atoms with Gasteiger partial charge >= 0.3 is 5.97 Å². The fourth-order valence-electron chi connectivity index (χ4n) is 4.57. The molecule has 0 radical (unpaired) electrons. The summed E-state index contributed by atoms with van der Waals surface area (Å²) in [5.41, 5.74) is 1.21. The summed E-state index contributed by atoms with van der Waals surface area (Å²) in [4.78, 5) is 26.8. The monoisotopic (exact) mass is 371 g/mol. The quantitative estimate of drug-likeness (QED) is 0.833. The number of phenols is 1. The molecule has 2 aliphatic rings. The Balaban J connectivity index is 1.33. The van der Waals surface area contributed by atoms with Crippen LogP contribution in [0, 0.1) is 5.92 Å². The maximum absolute atomic E-state index is 12.6. The Labute approximate surface area is 158 Å². The maximum Gasteiger partial charge on any atom is 0.310 e. The van der Waals surface area contributed by atoms with Gasteiger partial charge in [-0.05, 0) is 43.7 Å². The van der Waals surface area contributed by atoms with Crippen LogP contribution in [-0.2, 0) is 20.7 Å². The number of likely N-dealkylation sites (tertiary alicyclic amines) is 1. The average molecular weight is 371 g/mol. The van der Waals surface area contributed by atoms with Crippen molar-refractivity contribution in [1.29, 1.82) is 0 Å². The van der Waals surface area contributed by atoms with Crippen LogP contribution in [0.1, 0.15) is 44.1 Å². The first kappa shape index (κ1) is 17.9. The molecule has 1 aromatic heterocycles. The molecule has 2 aromatic rings. The van der Waals surface area contributed by atoms with Crippen molar-refractivity contribution in [1.82, 2.24) is 4.90 Å². The summed E-state index contributed by atoms with van der Waals surface area (Å²) in [5, 5.41) is 10.2. The molecule has 2 fully saturated rings. The van der Waals surface area contributed by atoms with Gasteiger partial charge in [-0.15, -0.1) is 0 Å². The number of hydrogen-bond acceptors (Lipinski definition) is 5. The van der Waals surface area contributed by atoms with Crippen molar-refractivity contribution in [3.05, 3.63) is 30.0 Å². The van der Waals surface area contributed by atoms with Crippen molar-refractivity contribution >= 4 is 22.8 Å². The third kappa shape index (κ3) is 3.80. The number of hydrogen-bond donors (Lipinski definition) is 1. The van der Waals surface area contributed by atoms with E-state index in [1.54, 1.807) is 12.1 Å². The van der Waals surface area contributed by atoms with Crippen LogP contribution in [0.25, 0.3) is 11.0 Å². The van der Waals surface area contributed by atoms with Gasteiger partial charge < -0.3 is 19.2 Å². The maximum atomic E-state index is 12.6. The summed E-state index contributed by atoms with van der Waals surface area (Å²) in [7, 11) is 0. The van der Waals surface area contributed by atoms with E-state index in [1.165, 1.54) is 38.0 Å². The molecule has 2 atom stereocenters. The highest BCUT2D eigenvalue weighted by atomic mass is 16.5. The van der Waals surface area contributed by atoms with Crippen molar-refractivity contribution in [2.24, 2.45) is 5.92 Å². The minimum Gasteiger partial charge on any atom is -0.508 e. The van der Waals surface area contributed by atoms with Crippen molar-refractivity contribution in [2.75, 3.05) is 13.2 Å². The summed E-state index contributed by atoms with van der Waals surface area (Å²) >= 11 is 0. The lowest BCUT2D eigenvalue weighted by atomic mass is 9.78.